The summed E-state index contributed by atoms with van der Waals surface area (Å²) in [5.74, 6) is -0.273. The Balaban J connectivity index is 1.75. The number of aromatic nitrogens is 4. The lowest BCUT2D eigenvalue weighted by atomic mass is 10.1. The summed E-state index contributed by atoms with van der Waals surface area (Å²) in [5.41, 5.74) is 10.1. The first-order chi connectivity index (χ1) is 13.3. The molecule has 28 heavy (non-hydrogen) atoms. The third kappa shape index (κ3) is 4.00. The molecule has 0 unspecified atom stereocenters. The number of aryl methyl sites for hydroxylation is 2. The zero-order valence-corrected chi connectivity index (χ0v) is 16.3. The van der Waals surface area contributed by atoms with Gasteiger partial charge in [-0.1, -0.05) is 6.07 Å². The fourth-order valence-corrected chi connectivity index (χ4v) is 3.27. The maximum Gasteiger partial charge on any atom is 0.225 e. The molecule has 3 aromatic rings. The number of carbonyl (C=O) groups is 1. The molecule has 0 spiro atoms. The van der Waals surface area contributed by atoms with Crippen LogP contribution in [0.1, 0.15) is 41.2 Å². The minimum Gasteiger partial charge on any atom is -0.368 e. The van der Waals surface area contributed by atoms with Crippen molar-refractivity contribution in [1.82, 2.24) is 25.1 Å². The van der Waals surface area contributed by atoms with Crippen LogP contribution in [0.5, 0.6) is 0 Å². The van der Waals surface area contributed by atoms with Crippen LogP contribution in [0.15, 0.2) is 30.5 Å². The molecule has 2 heterocycles. The number of hydrogen-bond acceptors (Lipinski definition) is 5. The summed E-state index contributed by atoms with van der Waals surface area (Å²) < 4.78 is 15.2. The van der Waals surface area contributed by atoms with E-state index >= 15 is 0 Å². The summed E-state index contributed by atoms with van der Waals surface area (Å²) in [4.78, 5) is 20.8. The van der Waals surface area contributed by atoms with Crippen LogP contribution in [0.4, 0.5) is 10.3 Å². The Labute approximate surface area is 162 Å². The molecule has 1 atom stereocenters. The summed E-state index contributed by atoms with van der Waals surface area (Å²) in [6, 6.07) is 5.96. The van der Waals surface area contributed by atoms with Crippen molar-refractivity contribution in [2.45, 2.75) is 40.2 Å². The van der Waals surface area contributed by atoms with Gasteiger partial charge in [-0.15, -0.1) is 0 Å². The van der Waals surface area contributed by atoms with Gasteiger partial charge < -0.3 is 11.1 Å². The van der Waals surface area contributed by atoms with E-state index in [-0.39, 0.29) is 30.1 Å². The van der Waals surface area contributed by atoms with Crippen LogP contribution in [-0.2, 0) is 11.2 Å². The monoisotopic (exact) mass is 382 g/mol. The lowest BCUT2D eigenvalue weighted by molar-refractivity contribution is -0.121. The SMILES string of the molecule is Cc1nc(N)nc(C)c1CC(=O)N[C@@H](C)c1cnn(-c2cccc(F)c2)c1C. The number of nitrogen functional groups attached to an aromatic ring is 1. The van der Waals surface area contributed by atoms with Gasteiger partial charge in [0, 0.05) is 28.2 Å². The van der Waals surface area contributed by atoms with Gasteiger partial charge in [0.2, 0.25) is 11.9 Å². The van der Waals surface area contributed by atoms with Crippen molar-refractivity contribution in [3.05, 3.63) is 64.5 Å². The molecule has 0 aliphatic heterocycles. The molecular weight excluding hydrogens is 359 g/mol. The van der Waals surface area contributed by atoms with E-state index in [0.717, 1.165) is 16.8 Å². The predicted octanol–water partition coefficient (Wildman–Crippen LogP) is 2.73. The number of carbonyl (C=O) groups excluding carboxylic acids is 1. The van der Waals surface area contributed by atoms with Gasteiger partial charge in [-0.2, -0.15) is 5.10 Å². The molecule has 8 heteroatoms. The summed E-state index contributed by atoms with van der Waals surface area (Å²) in [7, 11) is 0. The number of halogens is 1. The second-order valence-electron chi connectivity index (χ2n) is 6.77. The van der Waals surface area contributed by atoms with Crippen molar-refractivity contribution in [2.75, 3.05) is 5.73 Å². The molecule has 0 bridgehead atoms. The van der Waals surface area contributed by atoms with Crippen LogP contribution in [0.3, 0.4) is 0 Å². The quantitative estimate of drug-likeness (QED) is 0.707. The molecule has 0 aliphatic carbocycles. The molecule has 0 radical (unpaired) electrons. The lowest BCUT2D eigenvalue weighted by Gasteiger charge is -2.15. The van der Waals surface area contributed by atoms with Gasteiger partial charge in [-0.05, 0) is 45.9 Å². The Morgan fingerprint density at radius 3 is 2.57 bits per heavy atom. The minimum absolute atomic E-state index is 0.148. The van der Waals surface area contributed by atoms with Crippen molar-refractivity contribution in [3.63, 3.8) is 0 Å². The first-order valence-corrected chi connectivity index (χ1v) is 8.95. The van der Waals surface area contributed by atoms with Crippen LogP contribution in [-0.4, -0.2) is 25.7 Å². The van der Waals surface area contributed by atoms with E-state index < -0.39 is 0 Å². The third-order valence-electron chi connectivity index (χ3n) is 4.72. The molecule has 1 aromatic carbocycles. The second kappa shape index (κ2) is 7.75. The summed E-state index contributed by atoms with van der Waals surface area (Å²) in [6.07, 6.45) is 1.85. The summed E-state index contributed by atoms with van der Waals surface area (Å²) >= 11 is 0. The standard InChI is InChI=1S/C20H23FN6O/c1-11-17(12(2)26-20(22)25-11)9-19(28)24-13(3)18-10-23-27(14(18)4)16-7-5-6-15(21)8-16/h5-8,10,13H,9H2,1-4H3,(H,24,28)(H2,22,25,26)/t13-/m0/s1. The largest absolute Gasteiger partial charge is 0.368 e. The van der Waals surface area contributed by atoms with Gasteiger partial charge >= 0.3 is 0 Å². The molecule has 0 saturated carbocycles. The highest BCUT2D eigenvalue weighted by atomic mass is 19.1. The van der Waals surface area contributed by atoms with Crippen molar-refractivity contribution < 1.29 is 9.18 Å². The highest BCUT2D eigenvalue weighted by Crippen LogP contribution is 2.21. The zero-order valence-electron chi connectivity index (χ0n) is 16.3. The molecule has 3 rings (SSSR count). The molecule has 0 fully saturated rings. The average Bonchev–Trinajstić information content (AvgIpc) is 2.99. The maximum absolute atomic E-state index is 13.5. The zero-order chi connectivity index (χ0) is 20.4. The summed E-state index contributed by atoms with van der Waals surface area (Å²) in [5, 5.41) is 7.32. The number of nitrogens with one attached hydrogen (secondary N) is 1. The molecule has 2 aromatic heterocycles. The highest BCUT2D eigenvalue weighted by molar-refractivity contribution is 5.79. The van der Waals surface area contributed by atoms with E-state index in [2.05, 4.69) is 20.4 Å². The first kappa shape index (κ1) is 19.5. The van der Waals surface area contributed by atoms with Gasteiger partial charge in [0.25, 0.3) is 0 Å². The number of nitrogens with zero attached hydrogens (tertiary/aromatic N) is 4. The molecule has 0 saturated heterocycles. The molecule has 7 nitrogen and oxygen atoms in total. The van der Waals surface area contributed by atoms with Crippen molar-refractivity contribution in [2.24, 2.45) is 0 Å². The van der Waals surface area contributed by atoms with Gasteiger partial charge in [0.1, 0.15) is 5.82 Å². The topological polar surface area (TPSA) is 98.7 Å². The van der Waals surface area contributed by atoms with Crippen LogP contribution < -0.4 is 11.1 Å². The minimum atomic E-state index is -0.327. The molecular formula is C20H23FN6O. The van der Waals surface area contributed by atoms with E-state index in [4.69, 9.17) is 5.73 Å². The Hall–Kier alpha value is -3.29. The van der Waals surface area contributed by atoms with Gasteiger partial charge in [0.05, 0.1) is 24.3 Å². The first-order valence-electron chi connectivity index (χ1n) is 8.95. The smallest absolute Gasteiger partial charge is 0.225 e. The Kier molecular flexibility index (Phi) is 5.39. The third-order valence-corrected chi connectivity index (χ3v) is 4.72. The van der Waals surface area contributed by atoms with Crippen LogP contribution in [0, 0.1) is 26.6 Å². The lowest BCUT2D eigenvalue weighted by Crippen LogP contribution is -2.29. The van der Waals surface area contributed by atoms with Crippen molar-refractivity contribution >= 4 is 11.9 Å². The fourth-order valence-electron chi connectivity index (χ4n) is 3.27. The second-order valence-corrected chi connectivity index (χ2v) is 6.77. The highest BCUT2D eigenvalue weighted by Gasteiger charge is 2.18. The average molecular weight is 382 g/mol. The van der Waals surface area contributed by atoms with E-state index in [1.807, 2.05) is 27.7 Å². The van der Waals surface area contributed by atoms with E-state index in [1.165, 1.54) is 12.1 Å². The number of nitrogens with two attached hydrogens (primary N) is 1. The normalized spacial score (nSPS) is 12.0. The van der Waals surface area contributed by atoms with Gasteiger partial charge in [-0.3, -0.25) is 4.79 Å². The Morgan fingerprint density at radius 2 is 1.93 bits per heavy atom. The Morgan fingerprint density at radius 1 is 1.25 bits per heavy atom. The number of benzene rings is 1. The van der Waals surface area contributed by atoms with Crippen molar-refractivity contribution in [3.8, 4) is 5.69 Å². The van der Waals surface area contributed by atoms with Crippen molar-refractivity contribution in [1.29, 1.82) is 0 Å². The fraction of sp³-hybridized carbons (Fsp3) is 0.300. The molecule has 0 aliphatic rings. The van der Waals surface area contributed by atoms with E-state index in [1.54, 1.807) is 23.0 Å². The molecule has 1 amide bonds. The number of amides is 1. The van der Waals surface area contributed by atoms with Crippen LogP contribution >= 0.6 is 0 Å². The predicted molar refractivity (Wildman–Crippen MR) is 104 cm³/mol. The maximum atomic E-state index is 13.5. The summed E-state index contributed by atoms with van der Waals surface area (Å²) in [6.45, 7) is 7.39. The molecule has 3 N–H and O–H groups in total. The van der Waals surface area contributed by atoms with Crippen LogP contribution in [0.25, 0.3) is 5.69 Å². The van der Waals surface area contributed by atoms with Gasteiger partial charge in [-0.25, -0.2) is 19.0 Å². The Bertz CT molecular complexity index is 1010. The number of anilines is 1. The number of hydrogen-bond donors (Lipinski definition) is 2. The van der Waals surface area contributed by atoms with E-state index in [9.17, 15) is 9.18 Å². The molecule has 146 valence electrons. The van der Waals surface area contributed by atoms with E-state index in [0.29, 0.717) is 17.1 Å². The number of rotatable bonds is 5. The van der Waals surface area contributed by atoms with Gasteiger partial charge in [0.15, 0.2) is 0 Å². The van der Waals surface area contributed by atoms with Crippen LogP contribution in [0.2, 0.25) is 0 Å².